The summed E-state index contributed by atoms with van der Waals surface area (Å²) in [5.74, 6) is 0.00968. The van der Waals surface area contributed by atoms with Crippen LogP contribution in [0, 0.1) is 6.92 Å². The highest BCUT2D eigenvalue weighted by molar-refractivity contribution is 7.90. The molecule has 0 aliphatic heterocycles. The summed E-state index contributed by atoms with van der Waals surface area (Å²) in [6.45, 7) is 1.91. The molecule has 3 rings (SSSR count). The number of carbonyl (C=O) groups is 1. The lowest BCUT2D eigenvalue weighted by atomic mass is 10.0. The molecule has 7 heteroatoms. The van der Waals surface area contributed by atoms with Gasteiger partial charge in [0.15, 0.2) is 11.0 Å². The van der Waals surface area contributed by atoms with Crippen molar-refractivity contribution in [3.05, 3.63) is 69.9 Å². The molecule has 146 valence electrons. The lowest BCUT2D eigenvalue weighted by molar-refractivity contribution is 0.0954. The van der Waals surface area contributed by atoms with Crippen LogP contribution in [0.3, 0.4) is 0 Å². The Balaban J connectivity index is 1.98. The van der Waals surface area contributed by atoms with Crippen molar-refractivity contribution in [2.75, 3.05) is 18.6 Å². The molecule has 0 radical (unpaired) electrons. The van der Waals surface area contributed by atoms with E-state index < -0.39 is 15.7 Å². The van der Waals surface area contributed by atoms with Crippen LogP contribution in [0.25, 0.3) is 22.3 Å². The molecule has 0 aliphatic carbocycles. The van der Waals surface area contributed by atoms with Gasteiger partial charge in [-0.05, 0) is 25.5 Å². The average molecular weight is 399 g/mol. The number of carbonyl (C=O) groups excluding carboxylic acids is 1. The highest BCUT2D eigenvalue weighted by Crippen LogP contribution is 2.27. The van der Waals surface area contributed by atoms with Gasteiger partial charge in [-0.15, -0.1) is 0 Å². The van der Waals surface area contributed by atoms with E-state index in [4.69, 9.17) is 4.42 Å². The number of hydrogen-bond acceptors (Lipinski definition) is 5. The zero-order valence-electron chi connectivity index (χ0n) is 15.7. The first kappa shape index (κ1) is 19.8. The monoisotopic (exact) mass is 399 g/mol. The molecule has 0 aliphatic rings. The first-order valence-corrected chi connectivity index (χ1v) is 10.9. The summed E-state index contributed by atoms with van der Waals surface area (Å²) in [5.41, 5.74) is 1.50. The summed E-state index contributed by atoms with van der Waals surface area (Å²) in [4.78, 5) is 25.4. The molecule has 0 saturated carbocycles. The van der Waals surface area contributed by atoms with Crippen molar-refractivity contribution in [1.29, 1.82) is 0 Å². The van der Waals surface area contributed by atoms with E-state index in [2.05, 4.69) is 5.32 Å². The van der Waals surface area contributed by atoms with E-state index in [-0.39, 0.29) is 28.9 Å². The molecule has 0 unspecified atom stereocenters. The molecule has 0 atom stereocenters. The van der Waals surface area contributed by atoms with Gasteiger partial charge < -0.3 is 9.73 Å². The minimum Gasteiger partial charge on any atom is -0.455 e. The van der Waals surface area contributed by atoms with E-state index in [1.807, 2.05) is 30.3 Å². The Morgan fingerprint density at radius 2 is 1.79 bits per heavy atom. The summed E-state index contributed by atoms with van der Waals surface area (Å²) in [7, 11) is -3.08. The number of nitrogens with one attached hydrogen (secondary N) is 1. The zero-order valence-corrected chi connectivity index (χ0v) is 16.5. The van der Waals surface area contributed by atoms with Gasteiger partial charge in [0.25, 0.3) is 5.91 Å². The Morgan fingerprint density at radius 3 is 2.46 bits per heavy atom. The maximum Gasteiger partial charge on any atom is 0.255 e. The van der Waals surface area contributed by atoms with Crippen LogP contribution in [0.1, 0.15) is 22.3 Å². The molecule has 0 saturated heterocycles. The minimum atomic E-state index is -3.08. The van der Waals surface area contributed by atoms with Gasteiger partial charge in [0.2, 0.25) is 0 Å². The van der Waals surface area contributed by atoms with Crippen molar-refractivity contribution in [2.45, 2.75) is 13.3 Å². The standard InChI is InChI=1S/C21H21NO5S/c1-14-18(23)16-10-6-11-17(21(24)22-12-7-13-28(2,25)26)20(16)27-19(14)15-8-4-3-5-9-15/h3-6,8-11H,7,12-13H2,1-2H3,(H,22,24). The quantitative estimate of drug-likeness (QED) is 0.643. The Morgan fingerprint density at radius 1 is 1.07 bits per heavy atom. The average Bonchev–Trinajstić information content (AvgIpc) is 2.67. The molecule has 3 aromatic rings. The van der Waals surface area contributed by atoms with Crippen molar-refractivity contribution in [2.24, 2.45) is 0 Å². The van der Waals surface area contributed by atoms with Gasteiger partial charge in [-0.2, -0.15) is 0 Å². The molecule has 1 amide bonds. The summed E-state index contributed by atoms with van der Waals surface area (Å²) in [5, 5.41) is 3.03. The molecule has 1 N–H and O–H groups in total. The lowest BCUT2D eigenvalue weighted by Crippen LogP contribution is -2.26. The molecule has 0 bridgehead atoms. The molecule has 0 spiro atoms. The SMILES string of the molecule is Cc1c(-c2ccccc2)oc2c(C(=O)NCCCS(C)(=O)=O)cccc2c1=O. The molecule has 1 aromatic heterocycles. The van der Waals surface area contributed by atoms with Crippen LogP contribution in [-0.2, 0) is 9.84 Å². The summed E-state index contributed by atoms with van der Waals surface area (Å²) in [6.07, 6.45) is 1.47. The first-order valence-electron chi connectivity index (χ1n) is 8.86. The third-order valence-electron chi connectivity index (χ3n) is 4.40. The van der Waals surface area contributed by atoms with E-state index in [9.17, 15) is 18.0 Å². The van der Waals surface area contributed by atoms with Gasteiger partial charge in [-0.1, -0.05) is 36.4 Å². The van der Waals surface area contributed by atoms with Crippen LogP contribution < -0.4 is 10.7 Å². The van der Waals surface area contributed by atoms with Crippen LogP contribution >= 0.6 is 0 Å². The second kappa shape index (κ2) is 7.98. The normalized spacial score (nSPS) is 11.5. The maximum atomic E-state index is 12.8. The van der Waals surface area contributed by atoms with Crippen molar-refractivity contribution >= 4 is 26.7 Å². The van der Waals surface area contributed by atoms with Crippen LogP contribution in [0.4, 0.5) is 0 Å². The second-order valence-corrected chi connectivity index (χ2v) is 8.93. The molecular weight excluding hydrogens is 378 g/mol. The fourth-order valence-electron chi connectivity index (χ4n) is 2.98. The highest BCUT2D eigenvalue weighted by atomic mass is 32.2. The topological polar surface area (TPSA) is 93.4 Å². The zero-order chi connectivity index (χ0) is 20.3. The predicted molar refractivity (Wildman–Crippen MR) is 109 cm³/mol. The maximum absolute atomic E-state index is 12.8. The number of rotatable bonds is 6. The number of benzene rings is 2. The van der Waals surface area contributed by atoms with Gasteiger partial charge in [-0.25, -0.2) is 8.42 Å². The lowest BCUT2D eigenvalue weighted by Gasteiger charge is -2.11. The Bertz CT molecular complexity index is 1180. The first-order chi connectivity index (χ1) is 13.3. The number of hydrogen-bond donors (Lipinski definition) is 1. The van der Waals surface area contributed by atoms with Crippen molar-refractivity contribution in [3.8, 4) is 11.3 Å². The minimum absolute atomic E-state index is 0.00471. The van der Waals surface area contributed by atoms with Gasteiger partial charge in [-0.3, -0.25) is 9.59 Å². The van der Waals surface area contributed by atoms with Crippen molar-refractivity contribution in [1.82, 2.24) is 5.32 Å². The summed E-state index contributed by atoms with van der Waals surface area (Å²) < 4.78 is 28.4. The summed E-state index contributed by atoms with van der Waals surface area (Å²) >= 11 is 0. The second-order valence-electron chi connectivity index (χ2n) is 6.67. The number of para-hydroxylation sites is 1. The van der Waals surface area contributed by atoms with E-state index in [1.54, 1.807) is 25.1 Å². The molecule has 1 heterocycles. The van der Waals surface area contributed by atoms with Crippen LogP contribution in [0.2, 0.25) is 0 Å². The van der Waals surface area contributed by atoms with E-state index in [0.29, 0.717) is 23.1 Å². The number of amides is 1. The van der Waals surface area contributed by atoms with E-state index in [1.165, 1.54) is 0 Å². The van der Waals surface area contributed by atoms with Crippen LogP contribution in [0.15, 0.2) is 57.7 Å². The molecular formula is C21H21NO5S. The number of fused-ring (bicyclic) bond motifs is 1. The van der Waals surface area contributed by atoms with Gasteiger partial charge in [0, 0.05) is 23.9 Å². The molecule has 2 aromatic carbocycles. The Labute approximate surface area is 163 Å². The van der Waals surface area contributed by atoms with Crippen LogP contribution in [0.5, 0.6) is 0 Å². The van der Waals surface area contributed by atoms with Gasteiger partial charge in [0.05, 0.1) is 16.7 Å². The van der Waals surface area contributed by atoms with E-state index >= 15 is 0 Å². The Kier molecular flexibility index (Phi) is 5.65. The predicted octanol–water partition coefficient (Wildman–Crippen LogP) is 2.93. The van der Waals surface area contributed by atoms with Crippen molar-refractivity contribution in [3.63, 3.8) is 0 Å². The van der Waals surface area contributed by atoms with Gasteiger partial charge in [0.1, 0.15) is 15.6 Å². The fourth-order valence-corrected chi connectivity index (χ4v) is 3.65. The highest BCUT2D eigenvalue weighted by Gasteiger charge is 2.18. The largest absolute Gasteiger partial charge is 0.455 e. The fraction of sp³-hybridized carbons (Fsp3) is 0.238. The molecule has 28 heavy (non-hydrogen) atoms. The molecule has 0 fully saturated rings. The number of sulfone groups is 1. The smallest absolute Gasteiger partial charge is 0.255 e. The molecule has 6 nitrogen and oxygen atoms in total. The van der Waals surface area contributed by atoms with E-state index in [0.717, 1.165) is 11.8 Å². The third kappa shape index (κ3) is 4.31. The van der Waals surface area contributed by atoms with Crippen molar-refractivity contribution < 1.29 is 17.6 Å². The Hall–Kier alpha value is -2.93. The van der Waals surface area contributed by atoms with Crippen LogP contribution in [-0.4, -0.2) is 32.9 Å². The summed E-state index contributed by atoms with van der Waals surface area (Å²) in [6, 6.07) is 14.1. The van der Waals surface area contributed by atoms with Gasteiger partial charge >= 0.3 is 0 Å². The third-order valence-corrected chi connectivity index (χ3v) is 5.43.